The van der Waals surface area contributed by atoms with E-state index in [1.165, 1.54) is 23.2 Å². The molecule has 0 saturated carbocycles. The Hall–Kier alpha value is -2.70. The molecule has 26 heavy (non-hydrogen) atoms. The SMILES string of the molecule is C=CC1=C(C(=O)O)N2C(=O)C(N)(C(=O)/C=N\Oc3csc(N)n3)[C@@H]2SC1. The minimum atomic E-state index is -1.91. The second kappa shape index (κ2) is 6.55. The number of thiazole rings is 1. The van der Waals surface area contributed by atoms with Crippen molar-refractivity contribution in [3.05, 3.63) is 29.3 Å². The molecule has 5 N–H and O–H groups in total. The topological polar surface area (TPSA) is 161 Å². The van der Waals surface area contributed by atoms with Crippen molar-refractivity contribution in [3.63, 3.8) is 0 Å². The van der Waals surface area contributed by atoms with Gasteiger partial charge >= 0.3 is 5.97 Å². The van der Waals surface area contributed by atoms with Crippen LogP contribution >= 0.6 is 23.1 Å². The third-order valence-electron chi connectivity index (χ3n) is 3.81. The number of nitrogen functional groups attached to an aromatic ring is 1. The van der Waals surface area contributed by atoms with E-state index in [1.54, 1.807) is 0 Å². The summed E-state index contributed by atoms with van der Waals surface area (Å²) in [5, 5.41) is 13.7. The Kier molecular flexibility index (Phi) is 4.56. The number of amides is 1. The number of Topliss-reactive ketones (excluding diaryl/α,β-unsaturated/α-hetero) is 1. The fourth-order valence-corrected chi connectivity index (χ4v) is 4.42. The lowest BCUT2D eigenvalue weighted by Gasteiger charge is -2.53. The molecule has 1 aromatic heterocycles. The number of aliphatic carboxylic acids is 1. The number of thioether (sulfide) groups is 1. The van der Waals surface area contributed by atoms with Crippen LogP contribution < -0.4 is 16.3 Å². The number of anilines is 1. The van der Waals surface area contributed by atoms with Gasteiger partial charge in [-0.25, -0.2) is 4.79 Å². The number of carboxylic acid groups (broad SMARTS) is 1. The van der Waals surface area contributed by atoms with Gasteiger partial charge in [0, 0.05) is 5.75 Å². The Bertz CT molecular complexity index is 879. The van der Waals surface area contributed by atoms with Gasteiger partial charge in [0.05, 0.1) is 5.38 Å². The van der Waals surface area contributed by atoms with E-state index >= 15 is 0 Å². The van der Waals surface area contributed by atoms with Gasteiger partial charge in [0.15, 0.2) is 10.7 Å². The molecule has 1 saturated heterocycles. The Morgan fingerprint density at radius 3 is 2.88 bits per heavy atom. The van der Waals surface area contributed by atoms with E-state index in [-0.39, 0.29) is 22.5 Å². The molecule has 2 atom stereocenters. The molecule has 0 aliphatic carbocycles. The number of rotatable bonds is 6. The van der Waals surface area contributed by atoms with E-state index < -0.39 is 28.6 Å². The van der Waals surface area contributed by atoms with Crippen LogP contribution in [0, 0.1) is 0 Å². The Labute approximate surface area is 155 Å². The van der Waals surface area contributed by atoms with Crippen molar-refractivity contribution in [2.24, 2.45) is 10.9 Å². The normalized spacial score (nSPS) is 25.0. The number of hydrogen-bond acceptors (Lipinski definition) is 10. The Morgan fingerprint density at radius 1 is 1.58 bits per heavy atom. The van der Waals surface area contributed by atoms with Crippen LogP contribution in [0.3, 0.4) is 0 Å². The Balaban J connectivity index is 1.78. The highest BCUT2D eigenvalue weighted by atomic mass is 32.2. The first-order valence-corrected chi connectivity index (χ1v) is 9.02. The van der Waals surface area contributed by atoms with Gasteiger partial charge in [-0.3, -0.25) is 14.5 Å². The van der Waals surface area contributed by atoms with Crippen molar-refractivity contribution in [2.75, 3.05) is 11.5 Å². The number of nitrogens with two attached hydrogens (primary N) is 2. The highest BCUT2D eigenvalue weighted by Gasteiger charge is 2.66. The van der Waals surface area contributed by atoms with E-state index in [1.807, 2.05) is 0 Å². The van der Waals surface area contributed by atoms with Crippen molar-refractivity contribution >= 4 is 52.1 Å². The first-order chi connectivity index (χ1) is 12.3. The largest absolute Gasteiger partial charge is 0.477 e. The molecule has 0 spiro atoms. The van der Waals surface area contributed by atoms with Gasteiger partial charge in [0.25, 0.3) is 11.8 Å². The molecule has 0 radical (unpaired) electrons. The predicted octanol–water partition coefficient (Wildman–Crippen LogP) is -0.204. The summed E-state index contributed by atoms with van der Waals surface area (Å²) in [6, 6.07) is 0. The first kappa shape index (κ1) is 18.1. The summed E-state index contributed by atoms with van der Waals surface area (Å²) >= 11 is 2.31. The van der Waals surface area contributed by atoms with Crippen LogP contribution in [0.5, 0.6) is 5.88 Å². The summed E-state index contributed by atoms with van der Waals surface area (Å²) in [6.07, 6.45) is 2.14. The molecule has 3 rings (SSSR count). The zero-order valence-corrected chi connectivity index (χ0v) is 14.7. The summed E-state index contributed by atoms with van der Waals surface area (Å²) in [4.78, 5) is 46.0. The van der Waals surface area contributed by atoms with E-state index in [9.17, 15) is 19.5 Å². The van der Waals surface area contributed by atoms with Gasteiger partial charge < -0.3 is 21.4 Å². The number of carbonyl (C=O) groups excluding carboxylic acids is 2. The maximum Gasteiger partial charge on any atom is 0.352 e. The molecular formula is C14H13N5O5S2. The average Bonchev–Trinajstić information content (AvgIpc) is 3.04. The number of hydrogen-bond donors (Lipinski definition) is 3. The highest BCUT2D eigenvalue weighted by molar-refractivity contribution is 8.00. The van der Waals surface area contributed by atoms with Gasteiger partial charge in [-0.15, -0.1) is 23.1 Å². The summed E-state index contributed by atoms with van der Waals surface area (Å²) < 4.78 is 0. The number of carbonyl (C=O) groups is 3. The lowest BCUT2D eigenvalue weighted by molar-refractivity contribution is -0.157. The summed E-state index contributed by atoms with van der Waals surface area (Å²) in [7, 11) is 0. The van der Waals surface area contributed by atoms with Crippen LogP contribution in [0.2, 0.25) is 0 Å². The lowest BCUT2D eigenvalue weighted by Crippen LogP contribution is -2.81. The van der Waals surface area contributed by atoms with Crippen LogP contribution in [0.1, 0.15) is 0 Å². The maximum absolute atomic E-state index is 12.5. The monoisotopic (exact) mass is 395 g/mol. The molecule has 0 bridgehead atoms. The highest BCUT2D eigenvalue weighted by Crippen LogP contribution is 2.45. The third-order valence-corrected chi connectivity index (χ3v) is 5.84. The molecular weight excluding hydrogens is 382 g/mol. The molecule has 3 heterocycles. The van der Waals surface area contributed by atoms with E-state index in [4.69, 9.17) is 16.3 Å². The number of ketones is 1. The summed E-state index contributed by atoms with van der Waals surface area (Å²) in [6.45, 7) is 3.55. The number of allylic oxidation sites excluding steroid dienone is 1. The Morgan fingerprint density at radius 2 is 2.31 bits per heavy atom. The van der Waals surface area contributed by atoms with E-state index in [2.05, 4.69) is 16.7 Å². The molecule has 1 unspecified atom stereocenters. The van der Waals surface area contributed by atoms with Crippen LogP contribution in [-0.2, 0) is 14.4 Å². The van der Waals surface area contributed by atoms with Crippen molar-refractivity contribution in [3.8, 4) is 5.88 Å². The molecule has 1 fully saturated rings. The molecule has 2 aliphatic heterocycles. The number of nitrogens with zero attached hydrogens (tertiary/aromatic N) is 3. The van der Waals surface area contributed by atoms with Gasteiger partial charge in [0.1, 0.15) is 17.3 Å². The van der Waals surface area contributed by atoms with Crippen molar-refractivity contribution in [1.82, 2.24) is 9.88 Å². The molecule has 2 aliphatic rings. The third kappa shape index (κ3) is 2.67. The summed E-state index contributed by atoms with van der Waals surface area (Å²) in [5.41, 5.74) is 9.70. The average molecular weight is 395 g/mol. The minimum Gasteiger partial charge on any atom is -0.477 e. The number of carboxylic acids is 1. The van der Waals surface area contributed by atoms with Gasteiger partial charge in [-0.2, -0.15) is 4.98 Å². The number of β-lactam (4-membered cyclic amide) rings is 1. The van der Waals surface area contributed by atoms with Gasteiger partial charge in [-0.1, -0.05) is 17.8 Å². The first-order valence-electron chi connectivity index (χ1n) is 7.09. The smallest absolute Gasteiger partial charge is 0.352 e. The van der Waals surface area contributed by atoms with Gasteiger partial charge in [0.2, 0.25) is 5.78 Å². The van der Waals surface area contributed by atoms with Crippen LogP contribution in [0.25, 0.3) is 0 Å². The van der Waals surface area contributed by atoms with Crippen LogP contribution in [0.4, 0.5) is 5.13 Å². The van der Waals surface area contributed by atoms with Crippen molar-refractivity contribution in [2.45, 2.75) is 10.9 Å². The predicted molar refractivity (Wildman–Crippen MR) is 95.5 cm³/mol. The number of fused-ring (bicyclic) bond motifs is 1. The van der Waals surface area contributed by atoms with Crippen molar-refractivity contribution in [1.29, 1.82) is 0 Å². The molecule has 136 valence electrons. The van der Waals surface area contributed by atoms with E-state index in [0.29, 0.717) is 5.57 Å². The molecule has 1 amide bonds. The van der Waals surface area contributed by atoms with Crippen LogP contribution in [-0.4, -0.2) is 55.5 Å². The zero-order valence-electron chi connectivity index (χ0n) is 13.1. The minimum absolute atomic E-state index is 0.1000. The number of aromatic nitrogens is 1. The molecule has 12 heteroatoms. The second-order valence-corrected chi connectivity index (χ2v) is 7.26. The van der Waals surface area contributed by atoms with Crippen LogP contribution in [0.15, 0.2) is 34.5 Å². The number of oxime groups is 1. The standard InChI is InChI=1S/C14H13N5O5S2/c1-2-6-4-25-12-14(16,11(23)19(12)9(6)10(21)22)7(20)3-17-24-8-5-26-13(15)18-8/h2-3,5,12H,1,4,16H2,(H2,15,18)(H,21,22)/b17-3-/t12-,14?/m0/s1. The lowest BCUT2D eigenvalue weighted by atomic mass is 9.83. The quantitative estimate of drug-likeness (QED) is 0.256. The molecule has 10 nitrogen and oxygen atoms in total. The van der Waals surface area contributed by atoms with Gasteiger partial charge in [-0.05, 0) is 5.57 Å². The van der Waals surface area contributed by atoms with E-state index in [0.717, 1.165) is 22.5 Å². The molecule has 1 aromatic rings. The fraction of sp³-hybridized carbons (Fsp3) is 0.214. The summed E-state index contributed by atoms with van der Waals surface area (Å²) in [5.74, 6) is -2.54. The zero-order chi connectivity index (χ0) is 19.1. The fourth-order valence-electron chi connectivity index (χ4n) is 2.54. The van der Waals surface area contributed by atoms with Crippen molar-refractivity contribution < 1.29 is 24.3 Å². The maximum atomic E-state index is 12.5. The second-order valence-electron chi connectivity index (χ2n) is 5.30. The molecule has 0 aromatic carbocycles.